The molecule has 0 fully saturated rings. The predicted octanol–water partition coefficient (Wildman–Crippen LogP) is 4.24. The van der Waals surface area contributed by atoms with Gasteiger partial charge in [-0.15, -0.1) is 0 Å². The molecule has 0 bridgehead atoms. The number of fused-ring (bicyclic) bond motifs is 3. The van der Waals surface area contributed by atoms with Crippen LogP contribution in [0.4, 0.5) is 5.69 Å². The van der Waals surface area contributed by atoms with Crippen LogP contribution in [0.25, 0.3) is 21.8 Å². The van der Waals surface area contributed by atoms with Gasteiger partial charge >= 0.3 is 0 Å². The van der Waals surface area contributed by atoms with E-state index in [2.05, 4.69) is 16.7 Å². The van der Waals surface area contributed by atoms with E-state index in [4.69, 9.17) is 0 Å². The summed E-state index contributed by atoms with van der Waals surface area (Å²) in [6.45, 7) is 4.15. The molecule has 0 aliphatic carbocycles. The summed E-state index contributed by atoms with van der Waals surface area (Å²) in [7, 11) is -3.55. The van der Waals surface area contributed by atoms with E-state index < -0.39 is 16.1 Å². The summed E-state index contributed by atoms with van der Waals surface area (Å²) >= 11 is 0. The second-order valence-electron chi connectivity index (χ2n) is 7.88. The third-order valence-corrected chi connectivity index (χ3v) is 6.62. The molecule has 1 N–H and O–H groups in total. The SMILES string of the molecule is Cc1ccc(N(C[C@H](O)Cn2c3ccccc3c3ccccc32)S(C)(=O)=O)c(C)c1. The summed E-state index contributed by atoms with van der Waals surface area (Å²) in [5.41, 5.74) is 4.58. The first kappa shape index (κ1) is 20.4. The maximum Gasteiger partial charge on any atom is 0.232 e. The lowest BCUT2D eigenvalue weighted by Crippen LogP contribution is -2.39. The summed E-state index contributed by atoms with van der Waals surface area (Å²) in [6, 6.07) is 21.8. The molecule has 1 heterocycles. The Morgan fingerprint density at radius 2 is 1.50 bits per heavy atom. The van der Waals surface area contributed by atoms with Crippen molar-refractivity contribution in [2.45, 2.75) is 26.5 Å². The van der Waals surface area contributed by atoms with Crippen molar-refractivity contribution in [3.63, 3.8) is 0 Å². The normalized spacial score (nSPS) is 13.1. The number of anilines is 1. The van der Waals surface area contributed by atoms with E-state index >= 15 is 0 Å². The van der Waals surface area contributed by atoms with Gasteiger partial charge in [0.2, 0.25) is 10.0 Å². The zero-order valence-electron chi connectivity index (χ0n) is 17.4. The molecule has 4 aromatic rings. The van der Waals surface area contributed by atoms with Crippen molar-refractivity contribution in [1.29, 1.82) is 0 Å². The minimum atomic E-state index is -3.55. The molecule has 4 rings (SSSR count). The van der Waals surface area contributed by atoms with E-state index in [0.717, 1.165) is 32.9 Å². The van der Waals surface area contributed by atoms with Gasteiger partial charge in [0.15, 0.2) is 0 Å². The fourth-order valence-corrected chi connectivity index (χ4v) is 5.16. The molecule has 1 aromatic heterocycles. The number of sulfonamides is 1. The monoisotopic (exact) mass is 422 g/mol. The molecule has 30 heavy (non-hydrogen) atoms. The Labute approximate surface area is 177 Å². The molecule has 0 radical (unpaired) electrons. The van der Waals surface area contributed by atoms with Gasteiger partial charge in [0.1, 0.15) is 0 Å². The van der Waals surface area contributed by atoms with Crippen LogP contribution in [0.15, 0.2) is 66.7 Å². The Hall–Kier alpha value is -2.83. The minimum Gasteiger partial charge on any atom is -0.389 e. The van der Waals surface area contributed by atoms with Crippen LogP contribution in [0.1, 0.15) is 11.1 Å². The quantitative estimate of drug-likeness (QED) is 0.506. The molecule has 0 saturated carbocycles. The largest absolute Gasteiger partial charge is 0.389 e. The van der Waals surface area contributed by atoms with Crippen LogP contribution in [-0.4, -0.2) is 37.0 Å². The lowest BCUT2D eigenvalue weighted by Gasteiger charge is -2.27. The highest BCUT2D eigenvalue weighted by atomic mass is 32.2. The van der Waals surface area contributed by atoms with Gasteiger partial charge in [0, 0.05) is 21.8 Å². The van der Waals surface area contributed by atoms with Crippen LogP contribution in [0.5, 0.6) is 0 Å². The molecule has 5 nitrogen and oxygen atoms in total. The van der Waals surface area contributed by atoms with E-state index in [1.54, 1.807) is 6.07 Å². The van der Waals surface area contributed by atoms with E-state index in [1.165, 1.54) is 10.6 Å². The topological polar surface area (TPSA) is 62.5 Å². The molecular weight excluding hydrogens is 396 g/mol. The molecule has 1 atom stereocenters. The number of hydrogen-bond donors (Lipinski definition) is 1. The average Bonchev–Trinajstić information content (AvgIpc) is 3.00. The number of hydrogen-bond acceptors (Lipinski definition) is 3. The number of para-hydroxylation sites is 2. The number of rotatable bonds is 6. The molecule has 6 heteroatoms. The second kappa shape index (κ2) is 7.78. The summed E-state index contributed by atoms with van der Waals surface area (Å²) in [4.78, 5) is 0. The van der Waals surface area contributed by atoms with Crippen LogP contribution in [0, 0.1) is 13.8 Å². The number of benzene rings is 3. The summed E-state index contributed by atoms with van der Waals surface area (Å²) in [5.74, 6) is 0. The molecule has 156 valence electrons. The van der Waals surface area contributed by atoms with Crippen molar-refractivity contribution in [1.82, 2.24) is 4.57 Å². The molecule has 0 aliphatic heterocycles. The third-order valence-electron chi connectivity index (χ3n) is 5.47. The zero-order chi connectivity index (χ0) is 21.5. The van der Waals surface area contributed by atoms with Crippen molar-refractivity contribution in [2.75, 3.05) is 17.1 Å². The van der Waals surface area contributed by atoms with Crippen LogP contribution in [0.2, 0.25) is 0 Å². The van der Waals surface area contributed by atoms with Crippen molar-refractivity contribution >= 4 is 37.5 Å². The first-order valence-corrected chi connectivity index (χ1v) is 11.8. The number of aliphatic hydroxyl groups is 1. The first-order valence-electron chi connectivity index (χ1n) is 9.94. The van der Waals surface area contributed by atoms with Gasteiger partial charge in [-0.1, -0.05) is 54.1 Å². The molecule has 0 amide bonds. The average molecular weight is 423 g/mol. The highest BCUT2D eigenvalue weighted by Crippen LogP contribution is 2.29. The molecule has 0 unspecified atom stereocenters. The number of nitrogens with zero attached hydrogens (tertiary/aromatic N) is 2. The van der Waals surface area contributed by atoms with Gasteiger partial charge in [0.05, 0.1) is 31.1 Å². The van der Waals surface area contributed by atoms with E-state index in [-0.39, 0.29) is 6.54 Å². The molecular formula is C24H26N2O3S. The van der Waals surface area contributed by atoms with Crippen molar-refractivity contribution in [2.24, 2.45) is 0 Å². The van der Waals surface area contributed by atoms with Crippen LogP contribution < -0.4 is 4.31 Å². The summed E-state index contributed by atoms with van der Waals surface area (Å²) in [6.07, 6.45) is 0.305. The van der Waals surface area contributed by atoms with Crippen LogP contribution in [0.3, 0.4) is 0 Å². The van der Waals surface area contributed by atoms with Crippen molar-refractivity contribution in [3.8, 4) is 0 Å². The molecule has 0 aliphatic rings. The smallest absolute Gasteiger partial charge is 0.232 e. The van der Waals surface area contributed by atoms with Gasteiger partial charge < -0.3 is 9.67 Å². The third kappa shape index (κ3) is 3.80. The fraction of sp³-hybridized carbons (Fsp3) is 0.250. The van der Waals surface area contributed by atoms with E-state index in [0.29, 0.717) is 12.2 Å². The Bertz CT molecular complexity index is 1270. The predicted molar refractivity (Wildman–Crippen MR) is 124 cm³/mol. The zero-order valence-corrected chi connectivity index (χ0v) is 18.2. The lowest BCUT2D eigenvalue weighted by molar-refractivity contribution is 0.166. The molecule has 0 spiro atoms. The standard InChI is InChI=1S/C24H26N2O3S/c1-17-12-13-22(18(2)14-17)26(30(3,28)29)16-19(27)15-25-23-10-6-4-8-20(23)21-9-5-7-11-24(21)25/h4-14,19,27H,15-16H2,1-3H3/t19-/m1/s1. The number of aliphatic hydroxyl groups excluding tert-OH is 1. The minimum absolute atomic E-state index is 0.0103. The number of aromatic nitrogens is 1. The maximum atomic E-state index is 12.5. The Morgan fingerprint density at radius 3 is 2.03 bits per heavy atom. The van der Waals surface area contributed by atoms with Crippen molar-refractivity contribution < 1.29 is 13.5 Å². The highest BCUT2D eigenvalue weighted by Gasteiger charge is 2.23. The molecule has 0 saturated heterocycles. The number of aryl methyl sites for hydroxylation is 2. The highest BCUT2D eigenvalue weighted by molar-refractivity contribution is 7.92. The van der Waals surface area contributed by atoms with E-state index in [9.17, 15) is 13.5 Å². The van der Waals surface area contributed by atoms with Gasteiger partial charge in [-0.2, -0.15) is 0 Å². The Kier molecular flexibility index (Phi) is 5.30. The van der Waals surface area contributed by atoms with Gasteiger partial charge in [-0.3, -0.25) is 4.31 Å². The van der Waals surface area contributed by atoms with E-state index in [1.807, 2.05) is 62.4 Å². The Balaban J connectivity index is 1.70. The molecule has 3 aromatic carbocycles. The van der Waals surface area contributed by atoms with Gasteiger partial charge in [0.25, 0.3) is 0 Å². The second-order valence-corrected chi connectivity index (χ2v) is 9.79. The summed E-state index contributed by atoms with van der Waals surface area (Å²) < 4.78 is 28.5. The fourth-order valence-electron chi connectivity index (χ4n) is 4.16. The first-order chi connectivity index (χ1) is 14.3. The maximum absolute atomic E-state index is 12.5. The Morgan fingerprint density at radius 1 is 0.933 bits per heavy atom. The van der Waals surface area contributed by atoms with Crippen LogP contribution >= 0.6 is 0 Å². The lowest BCUT2D eigenvalue weighted by atomic mass is 10.1. The summed E-state index contributed by atoms with van der Waals surface area (Å²) in [5, 5.41) is 13.2. The van der Waals surface area contributed by atoms with Crippen LogP contribution in [-0.2, 0) is 16.6 Å². The van der Waals surface area contributed by atoms with Gasteiger partial charge in [-0.25, -0.2) is 8.42 Å². The van der Waals surface area contributed by atoms with Gasteiger partial charge in [-0.05, 0) is 37.6 Å². The van der Waals surface area contributed by atoms with Crippen molar-refractivity contribution in [3.05, 3.63) is 77.9 Å².